The van der Waals surface area contributed by atoms with E-state index in [0.717, 1.165) is 25.2 Å². The SMILES string of the molecule is CC1CCC(NC(=O)CC2(N)CCCCC2)C(C)C1. The van der Waals surface area contributed by atoms with E-state index in [1.54, 1.807) is 0 Å². The van der Waals surface area contributed by atoms with Crippen LogP contribution in [0.2, 0.25) is 0 Å². The summed E-state index contributed by atoms with van der Waals surface area (Å²) in [6, 6.07) is 0.371. The first-order chi connectivity index (χ1) is 8.98. The number of amides is 1. The molecule has 3 atom stereocenters. The lowest BCUT2D eigenvalue weighted by atomic mass is 9.78. The van der Waals surface area contributed by atoms with Gasteiger partial charge >= 0.3 is 0 Å². The topological polar surface area (TPSA) is 55.1 Å². The first kappa shape index (κ1) is 14.8. The van der Waals surface area contributed by atoms with E-state index in [1.807, 2.05) is 0 Å². The van der Waals surface area contributed by atoms with Crippen molar-refractivity contribution in [2.24, 2.45) is 17.6 Å². The first-order valence-corrected chi connectivity index (χ1v) is 8.07. The van der Waals surface area contributed by atoms with Crippen LogP contribution in [0.5, 0.6) is 0 Å². The Balaban J connectivity index is 1.80. The number of nitrogens with two attached hydrogens (primary N) is 1. The largest absolute Gasteiger partial charge is 0.353 e. The summed E-state index contributed by atoms with van der Waals surface area (Å²) in [6.07, 6.45) is 9.79. The number of carbonyl (C=O) groups excluding carboxylic acids is 1. The standard InChI is InChI=1S/C16H30N2O/c1-12-6-7-14(13(2)10-12)18-15(19)11-16(17)8-4-3-5-9-16/h12-14H,3-11,17H2,1-2H3,(H,18,19). The van der Waals surface area contributed by atoms with Gasteiger partial charge in [-0.3, -0.25) is 4.79 Å². The van der Waals surface area contributed by atoms with E-state index >= 15 is 0 Å². The van der Waals surface area contributed by atoms with Gasteiger partial charge in [0.05, 0.1) is 0 Å². The van der Waals surface area contributed by atoms with Crippen molar-refractivity contribution in [1.29, 1.82) is 0 Å². The second-order valence-corrected chi connectivity index (χ2v) is 7.17. The highest BCUT2D eigenvalue weighted by Crippen LogP contribution is 2.30. The average molecular weight is 266 g/mol. The summed E-state index contributed by atoms with van der Waals surface area (Å²) in [4.78, 5) is 12.2. The molecule has 2 aliphatic rings. The van der Waals surface area contributed by atoms with Crippen LogP contribution in [0, 0.1) is 11.8 Å². The minimum Gasteiger partial charge on any atom is -0.353 e. The van der Waals surface area contributed by atoms with E-state index in [9.17, 15) is 4.79 Å². The van der Waals surface area contributed by atoms with Gasteiger partial charge in [0.1, 0.15) is 0 Å². The van der Waals surface area contributed by atoms with Crippen molar-refractivity contribution < 1.29 is 4.79 Å². The highest BCUT2D eigenvalue weighted by atomic mass is 16.1. The maximum atomic E-state index is 12.2. The summed E-state index contributed by atoms with van der Waals surface area (Å²) in [5.74, 6) is 1.59. The highest BCUT2D eigenvalue weighted by molar-refractivity contribution is 5.77. The second kappa shape index (κ2) is 6.25. The van der Waals surface area contributed by atoms with Crippen molar-refractivity contribution in [3.8, 4) is 0 Å². The first-order valence-electron chi connectivity index (χ1n) is 8.07. The predicted molar refractivity (Wildman–Crippen MR) is 78.7 cm³/mol. The van der Waals surface area contributed by atoms with Crippen LogP contribution in [-0.4, -0.2) is 17.5 Å². The van der Waals surface area contributed by atoms with E-state index in [4.69, 9.17) is 5.73 Å². The summed E-state index contributed by atoms with van der Waals surface area (Å²) in [6.45, 7) is 4.57. The number of carbonyl (C=O) groups is 1. The Bertz CT molecular complexity index is 310. The Kier molecular flexibility index (Phi) is 4.88. The Morgan fingerprint density at radius 3 is 2.53 bits per heavy atom. The molecule has 0 aliphatic heterocycles. The fourth-order valence-electron chi connectivity index (χ4n) is 3.89. The zero-order valence-electron chi connectivity index (χ0n) is 12.6. The van der Waals surface area contributed by atoms with E-state index in [2.05, 4.69) is 19.2 Å². The number of hydrogen-bond acceptors (Lipinski definition) is 2. The normalized spacial score (nSPS) is 34.8. The van der Waals surface area contributed by atoms with Crippen molar-refractivity contribution in [3.63, 3.8) is 0 Å². The van der Waals surface area contributed by atoms with Gasteiger partial charge in [-0.05, 0) is 43.9 Å². The summed E-state index contributed by atoms with van der Waals surface area (Å²) in [5.41, 5.74) is 6.13. The van der Waals surface area contributed by atoms with Crippen LogP contribution < -0.4 is 11.1 Å². The van der Waals surface area contributed by atoms with Gasteiger partial charge < -0.3 is 11.1 Å². The molecule has 110 valence electrons. The summed E-state index contributed by atoms with van der Waals surface area (Å²) >= 11 is 0. The minimum absolute atomic E-state index is 0.177. The van der Waals surface area contributed by atoms with Gasteiger partial charge in [0.25, 0.3) is 0 Å². The van der Waals surface area contributed by atoms with Gasteiger partial charge in [-0.25, -0.2) is 0 Å². The van der Waals surface area contributed by atoms with Crippen LogP contribution in [-0.2, 0) is 4.79 Å². The molecule has 3 N–H and O–H groups in total. The van der Waals surface area contributed by atoms with Crippen LogP contribution in [0.3, 0.4) is 0 Å². The van der Waals surface area contributed by atoms with Gasteiger partial charge in [-0.15, -0.1) is 0 Å². The Labute approximate surface area is 117 Å². The van der Waals surface area contributed by atoms with Gasteiger partial charge in [0.2, 0.25) is 5.91 Å². The van der Waals surface area contributed by atoms with E-state index in [0.29, 0.717) is 18.4 Å². The van der Waals surface area contributed by atoms with Gasteiger partial charge in [-0.1, -0.05) is 33.1 Å². The van der Waals surface area contributed by atoms with E-state index < -0.39 is 0 Å². The Morgan fingerprint density at radius 2 is 1.89 bits per heavy atom. The molecule has 3 unspecified atom stereocenters. The summed E-state index contributed by atoms with van der Waals surface area (Å²) < 4.78 is 0. The van der Waals surface area contributed by atoms with Gasteiger partial charge in [-0.2, -0.15) is 0 Å². The molecular weight excluding hydrogens is 236 g/mol. The lowest BCUT2D eigenvalue weighted by Crippen LogP contribution is -2.49. The highest BCUT2D eigenvalue weighted by Gasteiger charge is 2.32. The molecule has 19 heavy (non-hydrogen) atoms. The smallest absolute Gasteiger partial charge is 0.222 e. The van der Waals surface area contributed by atoms with E-state index in [1.165, 1.54) is 32.1 Å². The maximum absolute atomic E-state index is 12.2. The minimum atomic E-state index is -0.229. The lowest BCUT2D eigenvalue weighted by molar-refractivity contribution is -0.123. The predicted octanol–water partition coefficient (Wildman–Crippen LogP) is 2.98. The molecule has 2 saturated carbocycles. The van der Waals surface area contributed by atoms with Crippen LogP contribution in [0.4, 0.5) is 0 Å². The Hall–Kier alpha value is -0.570. The zero-order chi connectivity index (χ0) is 13.9. The Morgan fingerprint density at radius 1 is 1.21 bits per heavy atom. The van der Waals surface area contributed by atoms with Crippen molar-refractivity contribution >= 4 is 5.91 Å². The van der Waals surface area contributed by atoms with Crippen molar-refractivity contribution in [2.45, 2.75) is 83.2 Å². The molecule has 2 fully saturated rings. The molecular formula is C16H30N2O. The molecule has 3 heteroatoms. The molecule has 1 amide bonds. The lowest BCUT2D eigenvalue weighted by Gasteiger charge is -2.36. The zero-order valence-corrected chi connectivity index (χ0v) is 12.6. The molecule has 0 saturated heterocycles. The van der Waals surface area contributed by atoms with Crippen molar-refractivity contribution in [2.75, 3.05) is 0 Å². The number of rotatable bonds is 3. The molecule has 0 aromatic carbocycles. The fraction of sp³-hybridized carbons (Fsp3) is 0.938. The molecule has 2 rings (SSSR count). The van der Waals surface area contributed by atoms with Crippen LogP contribution >= 0.6 is 0 Å². The van der Waals surface area contributed by atoms with E-state index in [-0.39, 0.29) is 11.4 Å². The molecule has 2 aliphatic carbocycles. The fourth-order valence-corrected chi connectivity index (χ4v) is 3.89. The quantitative estimate of drug-likeness (QED) is 0.825. The average Bonchev–Trinajstić information content (AvgIpc) is 2.33. The molecule has 3 nitrogen and oxygen atoms in total. The third-order valence-corrected chi connectivity index (χ3v) is 5.14. The van der Waals surface area contributed by atoms with Gasteiger partial charge in [0, 0.05) is 18.0 Å². The van der Waals surface area contributed by atoms with Crippen LogP contribution in [0.1, 0.15) is 71.6 Å². The number of nitrogens with one attached hydrogen (secondary N) is 1. The maximum Gasteiger partial charge on any atom is 0.222 e. The number of hydrogen-bond donors (Lipinski definition) is 2. The molecule has 0 radical (unpaired) electrons. The van der Waals surface area contributed by atoms with Crippen LogP contribution in [0.25, 0.3) is 0 Å². The molecule has 0 bridgehead atoms. The summed E-state index contributed by atoms with van der Waals surface area (Å²) in [7, 11) is 0. The van der Waals surface area contributed by atoms with Gasteiger partial charge in [0.15, 0.2) is 0 Å². The molecule has 0 spiro atoms. The third-order valence-electron chi connectivity index (χ3n) is 5.14. The second-order valence-electron chi connectivity index (χ2n) is 7.17. The molecule has 0 heterocycles. The van der Waals surface area contributed by atoms with Crippen molar-refractivity contribution in [1.82, 2.24) is 5.32 Å². The van der Waals surface area contributed by atoms with Crippen LogP contribution in [0.15, 0.2) is 0 Å². The third kappa shape index (κ3) is 4.20. The molecule has 0 aromatic heterocycles. The summed E-state index contributed by atoms with van der Waals surface area (Å²) in [5, 5.41) is 3.24. The molecule has 0 aromatic rings. The monoisotopic (exact) mass is 266 g/mol. The van der Waals surface area contributed by atoms with Crippen molar-refractivity contribution in [3.05, 3.63) is 0 Å².